The first-order chi connectivity index (χ1) is 12.2. The lowest BCUT2D eigenvalue weighted by molar-refractivity contribution is -0.385. The molecule has 1 aromatic rings. The van der Waals surface area contributed by atoms with E-state index in [9.17, 15) is 28.1 Å². The molecule has 0 aliphatic carbocycles. The van der Waals surface area contributed by atoms with Crippen molar-refractivity contribution >= 4 is 24.0 Å². The van der Waals surface area contributed by atoms with Gasteiger partial charge in [0.25, 0.3) is 11.6 Å². The van der Waals surface area contributed by atoms with Crippen LogP contribution in [0.15, 0.2) is 18.2 Å². The summed E-state index contributed by atoms with van der Waals surface area (Å²) in [6.45, 7) is 2.50. The lowest BCUT2D eigenvalue weighted by Crippen LogP contribution is -2.57. The summed E-state index contributed by atoms with van der Waals surface area (Å²) in [5.74, 6) is -0.764. The molecular weight excluding hydrogens is 389 g/mol. The van der Waals surface area contributed by atoms with Crippen molar-refractivity contribution in [1.82, 2.24) is 15.5 Å². The average Bonchev–Trinajstić information content (AvgIpc) is 2.60. The molecule has 0 spiro atoms. The molecule has 0 bridgehead atoms. The molecule has 27 heavy (non-hydrogen) atoms. The Labute approximate surface area is 160 Å². The van der Waals surface area contributed by atoms with Gasteiger partial charge in [-0.15, -0.1) is 12.4 Å². The lowest BCUT2D eigenvalue weighted by atomic mass is 10.1. The fourth-order valence-electron chi connectivity index (χ4n) is 2.91. The molecule has 1 atom stereocenters. The van der Waals surface area contributed by atoms with Gasteiger partial charge in [0.15, 0.2) is 0 Å². The number of aryl methyl sites for hydroxylation is 1. The Kier molecular flexibility index (Phi) is 8.45. The lowest BCUT2D eigenvalue weighted by Gasteiger charge is -2.35. The molecule has 0 saturated carbocycles. The van der Waals surface area contributed by atoms with E-state index in [1.165, 1.54) is 17.0 Å². The van der Waals surface area contributed by atoms with Crippen molar-refractivity contribution in [1.29, 1.82) is 0 Å². The fourth-order valence-corrected chi connectivity index (χ4v) is 2.91. The molecule has 1 aromatic carbocycles. The van der Waals surface area contributed by atoms with Crippen molar-refractivity contribution in [2.75, 3.05) is 32.7 Å². The largest absolute Gasteiger partial charge is 0.405 e. The molecule has 1 saturated heterocycles. The van der Waals surface area contributed by atoms with Gasteiger partial charge in [0, 0.05) is 49.9 Å². The Balaban J connectivity index is 0.00000364. The van der Waals surface area contributed by atoms with Gasteiger partial charge in [-0.3, -0.25) is 19.8 Å². The molecular formula is C16H22ClF3N4O3. The molecule has 7 nitrogen and oxygen atoms in total. The summed E-state index contributed by atoms with van der Waals surface area (Å²) < 4.78 is 40.0. The number of nitro benzene ring substituents is 1. The van der Waals surface area contributed by atoms with Crippen LogP contribution in [0.2, 0.25) is 0 Å². The van der Waals surface area contributed by atoms with E-state index in [1.54, 1.807) is 6.92 Å². The second-order valence-electron chi connectivity index (χ2n) is 6.01. The van der Waals surface area contributed by atoms with E-state index in [-0.39, 0.29) is 36.7 Å². The van der Waals surface area contributed by atoms with Crippen LogP contribution < -0.4 is 10.6 Å². The van der Waals surface area contributed by atoms with Gasteiger partial charge in [0.2, 0.25) is 0 Å². The van der Waals surface area contributed by atoms with Crippen molar-refractivity contribution in [3.8, 4) is 0 Å². The van der Waals surface area contributed by atoms with Crippen molar-refractivity contribution in [2.45, 2.75) is 25.6 Å². The number of carbonyl (C=O) groups excluding carboxylic acids is 1. The van der Waals surface area contributed by atoms with Gasteiger partial charge in [-0.2, -0.15) is 13.2 Å². The number of amides is 1. The predicted molar refractivity (Wildman–Crippen MR) is 96.3 cm³/mol. The van der Waals surface area contributed by atoms with Gasteiger partial charge in [-0.25, -0.2) is 0 Å². The van der Waals surface area contributed by atoms with Crippen LogP contribution in [0.3, 0.4) is 0 Å². The molecule has 152 valence electrons. The molecule has 1 aliphatic heterocycles. The third-order valence-corrected chi connectivity index (χ3v) is 4.35. The third kappa shape index (κ3) is 6.05. The average molecular weight is 411 g/mol. The molecule has 1 unspecified atom stereocenters. The van der Waals surface area contributed by atoms with Crippen LogP contribution in [0, 0.1) is 10.1 Å². The summed E-state index contributed by atoms with van der Waals surface area (Å²) in [6, 6.07) is 2.14. The summed E-state index contributed by atoms with van der Waals surface area (Å²) in [5, 5.41) is 16.3. The number of nitrogens with zero attached hydrogens (tertiary/aromatic N) is 2. The summed E-state index contributed by atoms with van der Waals surface area (Å²) >= 11 is 0. The van der Waals surface area contributed by atoms with Crippen molar-refractivity contribution in [2.24, 2.45) is 0 Å². The molecule has 2 N–H and O–H groups in total. The zero-order valence-corrected chi connectivity index (χ0v) is 15.5. The van der Waals surface area contributed by atoms with Crippen molar-refractivity contribution in [3.05, 3.63) is 39.4 Å². The molecule has 1 fully saturated rings. The van der Waals surface area contributed by atoms with Gasteiger partial charge in [-0.1, -0.05) is 13.0 Å². The van der Waals surface area contributed by atoms with Gasteiger partial charge >= 0.3 is 6.18 Å². The highest BCUT2D eigenvalue weighted by molar-refractivity contribution is 5.95. The van der Waals surface area contributed by atoms with Crippen LogP contribution >= 0.6 is 12.4 Å². The number of hydrogen-bond acceptors (Lipinski definition) is 5. The Hall–Kier alpha value is -1.91. The zero-order valence-electron chi connectivity index (χ0n) is 14.7. The van der Waals surface area contributed by atoms with Crippen LogP contribution in [-0.4, -0.2) is 60.7 Å². The number of nitro groups is 1. The smallest absolute Gasteiger partial charge is 0.350 e. The number of rotatable bonds is 6. The molecule has 2 rings (SSSR count). The first kappa shape index (κ1) is 23.1. The number of hydrogen-bond donors (Lipinski definition) is 2. The minimum Gasteiger partial charge on any atom is -0.350 e. The molecule has 0 radical (unpaired) electrons. The Morgan fingerprint density at radius 2 is 2.00 bits per heavy atom. The second kappa shape index (κ2) is 9.86. The van der Waals surface area contributed by atoms with Gasteiger partial charge in [0.1, 0.15) is 6.04 Å². The first-order valence-electron chi connectivity index (χ1n) is 8.31. The first-order valence-corrected chi connectivity index (χ1v) is 8.31. The molecule has 1 aliphatic rings. The van der Waals surface area contributed by atoms with Crippen LogP contribution in [0.25, 0.3) is 0 Å². The Morgan fingerprint density at radius 1 is 1.37 bits per heavy atom. The predicted octanol–water partition coefficient (Wildman–Crippen LogP) is 2.14. The van der Waals surface area contributed by atoms with E-state index >= 15 is 0 Å². The monoisotopic (exact) mass is 410 g/mol. The number of benzene rings is 1. The van der Waals surface area contributed by atoms with E-state index in [0.29, 0.717) is 25.1 Å². The van der Waals surface area contributed by atoms with Crippen LogP contribution in [0.1, 0.15) is 22.8 Å². The van der Waals surface area contributed by atoms with Crippen molar-refractivity contribution < 1.29 is 22.9 Å². The summed E-state index contributed by atoms with van der Waals surface area (Å²) in [5.41, 5.74) is 0.213. The number of alkyl halides is 3. The molecule has 1 heterocycles. The number of halogens is 4. The fraction of sp³-hybridized carbons (Fsp3) is 0.562. The second-order valence-corrected chi connectivity index (χ2v) is 6.01. The molecule has 0 aromatic heterocycles. The van der Waals surface area contributed by atoms with E-state index in [2.05, 4.69) is 10.6 Å². The maximum absolute atomic E-state index is 13.3. The summed E-state index contributed by atoms with van der Waals surface area (Å²) in [7, 11) is 0. The highest BCUT2D eigenvalue weighted by Crippen LogP contribution is 2.25. The van der Waals surface area contributed by atoms with Gasteiger partial charge < -0.3 is 10.6 Å². The maximum atomic E-state index is 13.3. The van der Waals surface area contributed by atoms with E-state index in [4.69, 9.17) is 0 Å². The molecule has 1 amide bonds. The van der Waals surface area contributed by atoms with E-state index in [0.717, 1.165) is 6.07 Å². The number of nitrogens with one attached hydrogen (secondary N) is 2. The van der Waals surface area contributed by atoms with Gasteiger partial charge in [0.05, 0.1) is 4.92 Å². The minimum atomic E-state index is -4.48. The maximum Gasteiger partial charge on any atom is 0.405 e. The SMILES string of the molecule is CCc1ccc(C(=O)NCC(N2CCNCC2)C(F)(F)F)cc1[N+](=O)[O-].Cl. The van der Waals surface area contributed by atoms with Crippen LogP contribution in [0.5, 0.6) is 0 Å². The quantitative estimate of drug-likeness (QED) is 0.554. The Morgan fingerprint density at radius 3 is 2.52 bits per heavy atom. The minimum absolute atomic E-state index is 0. The normalized spacial score (nSPS) is 16.3. The standard InChI is InChI=1S/C16H21F3N4O3.ClH/c1-2-11-3-4-12(9-13(11)23(25)26)15(24)21-10-14(16(17,18)19)22-7-5-20-6-8-22;/h3-4,9,14,20H,2,5-8,10H2,1H3,(H,21,24);1H. The highest BCUT2D eigenvalue weighted by atomic mass is 35.5. The number of carbonyl (C=O) groups is 1. The van der Waals surface area contributed by atoms with Gasteiger partial charge in [-0.05, 0) is 12.5 Å². The summed E-state index contributed by atoms with van der Waals surface area (Å²) in [4.78, 5) is 23.9. The van der Waals surface area contributed by atoms with Crippen LogP contribution in [-0.2, 0) is 6.42 Å². The van der Waals surface area contributed by atoms with E-state index in [1.807, 2.05) is 0 Å². The molecule has 11 heteroatoms. The van der Waals surface area contributed by atoms with Crippen LogP contribution in [0.4, 0.5) is 18.9 Å². The zero-order chi connectivity index (χ0) is 19.3. The highest BCUT2D eigenvalue weighted by Gasteiger charge is 2.43. The summed E-state index contributed by atoms with van der Waals surface area (Å²) in [6.07, 6.45) is -4.07. The number of piperazine rings is 1. The van der Waals surface area contributed by atoms with E-state index < -0.39 is 29.6 Å². The van der Waals surface area contributed by atoms with Crippen molar-refractivity contribution in [3.63, 3.8) is 0 Å². The topological polar surface area (TPSA) is 87.5 Å². The Bertz CT molecular complexity index is 667. The third-order valence-electron chi connectivity index (χ3n) is 4.35.